The van der Waals surface area contributed by atoms with E-state index in [0.717, 1.165) is 11.3 Å². The zero-order valence-corrected chi connectivity index (χ0v) is 11.3. The van der Waals surface area contributed by atoms with E-state index in [2.05, 4.69) is 25.9 Å². The summed E-state index contributed by atoms with van der Waals surface area (Å²) in [6, 6.07) is 0. The lowest BCUT2D eigenvalue weighted by molar-refractivity contribution is 0.0701. The maximum absolute atomic E-state index is 11.8. The third kappa shape index (κ3) is 2.12. The summed E-state index contributed by atoms with van der Waals surface area (Å²) in [6.07, 6.45) is 0.602. The van der Waals surface area contributed by atoms with Gasteiger partial charge in [0.15, 0.2) is 0 Å². The van der Waals surface area contributed by atoms with Crippen LogP contribution in [0.3, 0.4) is 0 Å². The molecule has 0 saturated carbocycles. The topological polar surface area (TPSA) is 83.0 Å². The number of nitrogens with zero attached hydrogens (tertiary/aromatic N) is 1. The van der Waals surface area contributed by atoms with Gasteiger partial charge in [0.2, 0.25) is 0 Å². The molecule has 0 aliphatic heterocycles. The highest BCUT2D eigenvalue weighted by Crippen LogP contribution is 2.26. The normalized spacial score (nSPS) is 10.9. The molecule has 2 rings (SSSR count). The second kappa shape index (κ2) is 4.58. The molecule has 0 bridgehead atoms. The van der Waals surface area contributed by atoms with Gasteiger partial charge in [-0.3, -0.25) is 4.79 Å². The molecule has 0 aliphatic carbocycles. The minimum Gasteiger partial charge on any atom is -0.477 e. The largest absolute Gasteiger partial charge is 0.477 e. The SMILES string of the molecule is Cc1c(C(=O)O)sc2nc(CCBr)[nH]c(=O)c12. The van der Waals surface area contributed by atoms with E-state index in [1.165, 1.54) is 0 Å². The Kier molecular flexibility index (Phi) is 3.30. The quantitative estimate of drug-likeness (QED) is 0.847. The predicted octanol–water partition coefficient (Wildman–Crippen LogP) is 1.93. The Balaban J connectivity index is 2.74. The molecule has 0 fully saturated rings. The van der Waals surface area contributed by atoms with Gasteiger partial charge < -0.3 is 10.1 Å². The van der Waals surface area contributed by atoms with Gasteiger partial charge in [-0.2, -0.15) is 0 Å². The van der Waals surface area contributed by atoms with E-state index < -0.39 is 5.97 Å². The minimum atomic E-state index is -1.02. The first-order valence-corrected chi connectivity index (χ1v) is 6.80. The van der Waals surface area contributed by atoms with Gasteiger partial charge in [0.05, 0.1) is 5.39 Å². The van der Waals surface area contributed by atoms with Crippen LogP contribution in [0.4, 0.5) is 0 Å². The first-order valence-electron chi connectivity index (χ1n) is 4.86. The summed E-state index contributed by atoms with van der Waals surface area (Å²) in [7, 11) is 0. The lowest BCUT2D eigenvalue weighted by atomic mass is 10.2. The summed E-state index contributed by atoms with van der Waals surface area (Å²) in [5.74, 6) is -0.454. The second-order valence-corrected chi connectivity index (χ2v) is 5.29. The summed E-state index contributed by atoms with van der Waals surface area (Å²) in [5, 5.41) is 10.1. The van der Waals surface area contributed by atoms with Crippen molar-refractivity contribution in [2.75, 3.05) is 5.33 Å². The molecule has 2 aromatic heterocycles. The average Bonchev–Trinajstić information content (AvgIpc) is 2.56. The van der Waals surface area contributed by atoms with E-state index in [1.807, 2.05) is 0 Å². The van der Waals surface area contributed by atoms with E-state index >= 15 is 0 Å². The van der Waals surface area contributed by atoms with Gasteiger partial charge in [-0.25, -0.2) is 9.78 Å². The number of carbonyl (C=O) groups is 1. The number of fused-ring (bicyclic) bond motifs is 1. The molecule has 2 heterocycles. The van der Waals surface area contributed by atoms with Crippen molar-refractivity contribution >= 4 is 43.5 Å². The predicted molar refractivity (Wildman–Crippen MR) is 69.4 cm³/mol. The van der Waals surface area contributed by atoms with Crippen molar-refractivity contribution in [1.82, 2.24) is 9.97 Å². The number of alkyl halides is 1. The molecule has 0 radical (unpaired) electrons. The highest BCUT2D eigenvalue weighted by atomic mass is 79.9. The van der Waals surface area contributed by atoms with Crippen LogP contribution in [0.1, 0.15) is 21.1 Å². The number of aromatic nitrogens is 2. The number of hydrogen-bond donors (Lipinski definition) is 2. The number of aromatic amines is 1. The molecule has 2 aromatic rings. The second-order valence-electron chi connectivity index (χ2n) is 3.49. The summed E-state index contributed by atoms with van der Waals surface area (Å²) >= 11 is 4.31. The van der Waals surface area contributed by atoms with E-state index in [9.17, 15) is 9.59 Å². The van der Waals surface area contributed by atoms with Crippen LogP contribution in [0, 0.1) is 6.92 Å². The number of hydrogen-bond acceptors (Lipinski definition) is 4. The molecule has 0 spiro atoms. The van der Waals surface area contributed by atoms with Crippen LogP contribution >= 0.6 is 27.3 Å². The maximum Gasteiger partial charge on any atom is 0.346 e. The molecular weight excluding hydrogens is 308 g/mol. The molecule has 0 unspecified atom stereocenters. The highest BCUT2D eigenvalue weighted by Gasteiger charge is 2.18. The van der Waals surface area contributed by atoms with Crippen molar-refractivity contribution in [2.24, 2.45) is 0 Å². The molecular formula is C10H9BrN2O3S. The van der Waals surface area contributed by atoms with Crippen molar-refractivity contribution in [3.8, 4) is 0 Å². The van der Waals surface area contributed by atoms with Gasteiger partial charge in [0.25, 0.3) is 5.56 Å². The van der Waals surface area contributed by atoms with Crippen molar-refractivity contribution in [3.63, 3.8) is 0 Å². The molecule has 0 aromatic carbocycles. The van der Waals surface area contributed by atoms with Crippen molar-refractivity contribution in [2.45, 2.75) is 13.3 Å². The van der Waals surface area contributed by atoms with E-state index in [-0.39, 0.29) is 10.4 Å². The molecule has 5 nitrogen and oxygen atoms in total. The fourth-order valence-corrected chi connectivity index (χ4v) is 3.02. The number of rotatable bonds is 3. The number of aryl methyl sites for hydroxylation is 2. The highest BCUT2D eigenvalue weighted by molar-refractivity contribution is 9.09. The molecule has 0 amide bonds. The third-order valence-corrected chi connectivity index (χ3v) is 3.95. The summed E-state index contributed by atoms with van der Waals surface area (Å²) in [6.45, 7) is 1.63. The van der Waals surface area contributed by atoms with Crippen LogP contribution in [0.2, 0.25) is 0 Å². The monoisotopic (exact) mass is 316 g/mol. The Morgan fingerprint density at radius 2 is 2.29 bits per heavy atom. The number of aromatic carboxylic acids is 1. The Hall–Kier alpha value is -1.21. The Bertz CT molecular complexity index is 647. The Morgan fingerprint density at radius 3 is 2.88 bits per heavy atom. The molecule has 0 saturated heterocycles. The van der Waals surface area contributed by atoms with Crippen LogP contribution in [-0.4, -0.2) is 26.4 Å². The van der Waals surface area contributed by atoms with Gasteiger partial charge in [0.1, 0.15) is 15.5 Å². The van der Waals surface area contributed by atoms with Gasteiger partial charge in [0, 0.05) is 11.8 Å². The van der Waals surface area contributed by atoms with Crippen LogP contribution in [0.25, 0.3) is 10.2 Å². The third-order valence-electron chi connectivity index (χ3n) is 2.38. The van der Waals surface area contributed by atoms with Crippen LogP contribution < -0.4 is 5.56 Å². The summed E-state index contributed by atoms with van der Waals surface area (Å²) in [4.78, 5) is 30.4. The summed E-state index contributed by atoms with van der Waals surface area (Å²) in [5.41, 5.74) is 0.212. The van der Waals surface area contributed by atoms with E-state index in [0.29, 0.717) is 33.4 Å². The molecule has 0 atom stereocenters. The molecule has 2 N–H and O–H groups in total. The van der Waals surface area contributed by atoms with Crippen LogP contribution in [0.15, 0.2) is 4.79 Å². The van der Waals surface area contributed by atoms with Crippen molar-refractivity contribution in [1.29, 1.82) is 0 Å². The van der Waals surface area contributed by atoms with Crippen molar-refractivity contribution < 1.29 is 9.90 Å². The molecule has 90 valence electrons. The number of nitrogens with one attached hydrogen (secondary N) is 1. The standard InChI is InChI=1S/C10H9BrN2O3S/c1-4-6-8(14)12-5(2-3-11)13-9(6)17-7(4)10(15)16/h2-3H2,1H3,(H,15,16)(H,12,13,14). The maximum atomic E-state index is 11.8. The lowest BCUT2D eigenvalue weighted by Gasteiger charge is -1.97. The van der Waals surface area contributed by atoms with Gasteiger partial charge in [-0.05, 0) is 12.5 Å². The van der Waals surface area contributed by atoms with Crippen LogP contribution in [-0.2, 0) is 6.42 Å². The van der Waals surface area contributed by atoms with Gasteiger partial charge >= 0.3 is 5.97 Å². The molecule has 17 heavy (non-hydrogen) atoms. The zero-order valence-electron chi connectivity index (χ0n) is 8.91. The Labute approximate surface area is 109 Å². The summed E-state index contributed by atoms with van der Waals surface area (Å²) < 4.78 is 0. The minimum absolute atomic E-state index is 0.175. The first kappa shape index (κ1) is 12.3. The smallest absolute Gasteiger partial charge is 0.346 e. The molecule has 7 heteroatoms. The number of H-pyrrole nitrogens is 1. The van der Waals surface area contributed by atoms with E-state index in [4.69, 9.17) is 5.11 Å². The fourth-order valence-electron chi connectivity index (χ4n) is 1.60. The average molecular weight is 317 g/mol. The zero-order chi connectivity index (χ0) is 12.6. The van der Waals surface area contributed by atoms with Gasteiger partial charge in [-0.15, -0.1) is 11.3 Å². The van der Waals surface area contributed by atoms with Crippen molar-refractivity contribution in [3.05, 3.63) is 26.6 Å². The number of carboxylic acid groups (broad SMARTS) is 1. The number of thiophene rings is 1. The van der Waals surface area contributed by atoms with Gasteiger partial charge in [-0.1, -0.05) is 15.9 Å². The van der Waals surface area contributed by atoms with E-state index in [1.54, 1.807) is 6.92 Å². The fraction of sp³-hybridized carbons (Fsp3) is 0.300. The Morgan fingerprint density at radius 1 is 1.59 bits per heavy atom. The van der Waals surface area contributed by atoms with Crippen LogP contribution in [0.5, 0.6) is 0 Å². The lowest BCUT2D eigenvalue weighted by Crippen LogP contribution is -2.12. The first-order chi connectivity index (χ1) is 8.04. The molecule has 0 aliphatic rings. The number of halogens is 1. The number of carboxylic acids is 1.